The lowest BCUT2D eigenvalue weighted by Crippen LogP contribution is -2.36. The summed E-state index contributed by atoms with van der Waals surface area (Å²) in [7, 11) is 0. The molecule has 0 saturated carbocycles. The lowest BCUT2D eigenvalue weighted by Gasteiger charge is -2.06. The normalized spacial score (nSPS) is 10.5. The third kappa shape index (κ3) is 5.88. The van der Waals surface area contributed by atoms with E-state index in [0.717, 1.165) is 6.67 Å². The van der Waals surface area contributed by atoms with Gasteiger partial charge in [-0.05, 0) is 13.8 Å². The van der Waals surface area contributed by atoms with Crippen molar-refractivity contribution in [3.63, 3.8) is 0 Å². The summed E-state index contributed by atoms with van der Waals surface area (Å²) >= 11 is 0. The van der Waals surface area contributed by atoms with Crippen molar-refractivity contribution in [1.29, 1.82) is 0 Å². The predicted octanol–water partition coefficient (Wildman–Crippen LogP) is -0.552. The van der Waals surface area contributed by atoms with Crippen LogP contribution in [0.1, 0.15) is 13.8 Å². The molecule has 0 heterocycles. The van der Waals surface area contributed by atoms with Gasteiger partial charge in [-0.2, -0.15) is 0 Å². The van der Waals surface area contributed by atoms with Gasteiger partial charge in [0, 0.05) is 19.4 Å². The third-order valence-corrected chi connectivity index (χ3v) is 0.780. The summed E-state index contributed by atoms with van der Waals surface area (Å²) in [6.45, 7) is 5.53. The highest BCUT2D eigenvalue weighted by molar-refractivity contribution is 4.48. The lowest BCUT2D eigenvalue weighted by atomic mass is 10.4. The van der Waals surface area contributed by atoms with E-state index in [4.69, 9.17) is 5.73 Å². The molecule has 0 radical (unpaired) electrons. The molecular formula is C5H15N3. The average molecular weight is 117 g/mol. The van der Waals surface area contributed by atoms with Gasteiger partial charge in [-0.1, -0.05) is 0 Å². The molecule has 0 saturated heterocycles. The summed E-state index contributed by atoms with van der Waals surface area (Å²) in [6.07, 6.45) is 0. The number of hydrogen-bond donors (Lipinski definition) is 3. The van der Waals surface area contributed by atoms with Crippen molar-refractivity contribution in [2.75, 3.05) is 13.3 Å². The maximum Gasteiger partial charge on any atom is 0.0466 e. The quantitative estimate of drug-likeness (QED) is 0.342. The van der Waals surface area contributed by atoms with Gasteiger partial charge in [-0.25, -0.2) is 0 Å². The monoisotopic (exact) mass is 117 g/mol. The largest absolute Gasteiger partial charge is 0.318 e. The van der Waals surface area contributed by atoms with Crippen molar-refractivity contribution in [1.82, 2.24) is 10.6 Å². The molecule has 8 heavy (non-hydrogen) atoms. The van der Waals surface area contributed by atoms with Crippen LogP contribution in [0.5, 0.6) is 0 Å². The first-order valence-corrected chi connectivity index (χ1v) is 2.91. The summed E-state index contributed by atoms with van der Waals surface area (Å²) in [5, 5.41) is 6.10. The molecule has 0 rings (SSSR count). The second kappa shape index (κ2) is 5.03. The smallest absolute Gasteiger partial charge is 0.0466 e. The van der Waals surface area contributed by atoms with Crippen LogP contribution < -0.4 is 16.4 Å². The SMILES string of the molecule is CC(C)NCNCN. The molecule has 0 aromatic rings. The van der Waals surface area contributed by atoms with Gasteiger partial charge in [0.05, 0.1) is 0 Å². The van der Waals surface area contributed by atoms with E-state index in [1.165, 1.54) is 0 Å². The molecule has 0 atom stereocenters. The average Bonchev–Trinajstić information content (AvgIpc) is 1.66. The van der Waals surface area contributed by atoms with Crippen molar-refractivity contribution in [3.05, 3.63) is 0 Å². The molecule has 0 spiro atoms. The summed E-state index contributed by atoms with van der Waals surface area (Å²) in [5.41, 5.74) is 5.16. The zero-order chi connectivity index (χ0) is 6.41. The minimum Gasteiger partial charge on any atom is -0.318 e. The Balaban J connectivity index is 2.72. The number of nitrogens with two attached hydrogens (primary N) is 1. The van der Waals surface area contributed by atoms with Crippen LogP contribution in [0.15, 0.2) is 0 Å². The molecule has 4 N–H and O–H groups in total. The van der Waals surface area contributed by atoms with Crippen molar-refractivity contribution < 1.29 is 0 Å². The first-order valence-electron chi connectivity index (χ1n) is 2.91. The molecule has 0 fully saturated rings. The van der Waals surface area contributed by atoms with Gasteiger partial charge >= 0.3 is 0 Å². The topological polar surface area (TPSA) is 50.1 Å². The summed E-state index contributed by atoms with van der Waals surface area (Å²) in [5.74, 6) is 0. The molecule has 50 valence electrons. The number of rotatable bonds is 4. The van der Waals surface area contributed by atoms with Crippen LogP contribution >= 0.6 is 0 Å². The van der Waals surface area contributed by atoms with E-state index in [9.17, 15) is 0 Å². The Morgan fingerprint density at radius 2 is 2.12 bits per heavy atom. The van der Waals surface area contributed by atoms with E-state index in [-0.39, 0.29) is 0 Å². The maximum atomic E-state index is 5.16. The summed E-state index contributed by atoms with van der Waals surface area (Å²) in [4.78, 5) is 0. The van der Waals surface area contributed by atoms with Gasteiger partial charge in [-0.15, -0.1) is 0 Å². The van der Waals surface area contributed by atoms with E-state index in [1.807, 2.05) is 0 Å². The molecule has 0 unspecified atom stereocenters. The molecule has 3 nitrogen and oxygen atoms in total. The highest BCUT2D eigenvalue weighted by Gasteiger charge is 1.86. The molecular weight excluding hydrogens is 102 g/mol. The van der Waals surface area contributed by atoms with Crippen LogP contribution in [0.4, 0.5) is 0 Å². The van der Waals surface area contributed by atoms with Crippen molar-refractivity contribution in [2.24, 2.45) is 5.73 Å². The number of nitrogens with one attached hydrogen (secondary N) is 2. The minimum absolute atomic E-state index is 0.536. The molecule has 0 aromatic heterocycles. The van der Waals surface area contributed by atoms with E-state index in [0.29, 0.717) is 12.7 Å². The Morgan fingerprint density at radius 1 is 1.50 bits per heavy atom. The summed E-state index contributed by atoms with van der Waals surface area (Å²) < 4.78 is 0. The minimum atomic E-state index is 0.536. The van der Waals surface area contributed by atoms with Crippen molar-refractivity contribution in [3.8, 4) is 0 Å². The van der Waals surface area contributed by atoms with Gasteiger partial charge in [0.25, 0.3) is 0 Å². The molecule has 0 bridgehead atoms. The molecule has 0 aromatic carbocycles. The van der Waals surface area contributed by atoms with Crippen LogP contribution in [-0.2, 0) is 0 Å². The molecule has 0 aliphatic rings. The lowest BCUT2D eigenvalue weighted by molar-refractivity contribution is 0.533. The zero-order valence-corrected chi connectivity index (χ0v) is 5.57. The second-order valence-corrected chi connectivity index (χ2v) is 1.99. The Hall–Kier alpha value is -0.120. The fraction of sp³-hybridized carbons (Fsp3) is 1.00. The fourth-order valence-electron chi connectivity index (χ4n) is 0.348. The first kappa shape index (κ1) is 7.88. The second-order valence-electron chi connectivity index (χ2n) is 1.99. The van der Waals surface area contributed by atoms with Gasteiger partial charge in [0.1, 0.15) is 0 Å². The van der Waals surface area contributed by atoms with Crippen LogP contribution in [0.25, 0.3) is 0 Å². The Labute approximate surface area is 50.6 Å². The van der Waals surface area contributed by atoms with Crippen LogP contribution in [0, 0.1) is 0 Å². The van der Waals surface area contributed by atoms with E-state index < -0.39 is 0 Å². The molecule has 0 amide bonds. The van der Waals surface area contributed by atoms with E-state index >= 15 is 0 Å². The number of hydrogen-bond acceptors (Lipinski definition) is 3. The standard InChI is InChI=1S/C5H15N3/c1-5(2)8-4-7-3-6/h5,7-8H,3-4,6H2,1-2H3. The van der Waals surface area contributed by atoms with Crippen LogP contribution in [-0.4, -0.2) is 19.4 Å². The zero-order valence-electron chi connectivity index (χ0n) is 5.57. The summed E-state index contributed by atoms with van der Waals surface area (Å²) in [6, 6.07) is 0.536. The third-order valence-electron chi connectivity index (χ3n) is 0.780. The van der Waals surface area contributed by atoms with Gasteiger partial charge in [0.2, 0.25) is 0 Å². The fourth-order valence-corrected chi connectivity index (χ4v) is 0.348. The van der Waals surface area contributed by atoms with Crippen molar-refractivity contribution in [2.45, 2.75) is 19.9 Å². The first-order chi connectivity index (χ1) is 3.77. The Morgan fingerprint density at radius 3 is 2.50 bits per heavy atom. The predicted molar refractivity (Wildman–Crippen MR) is 35.3 cm³/mol. The molecule has 0 aliphatic carbocycles. The van der Waals surface area contributed by atoms with E-state index in [1.54, 1.807) is 0 Å². The molecule has 0 aliphatic heterocycles. The van der Waals surface area contributed by atoms with Crippen LogP contribution in [0.2, 0.25) is 0 Å². The van der Waals surface area contributed by atoms with Crippen molar-refractivity contribution >= 4 is 0 Å². The Bertz CT molecular complexity index is 44.9. The maximum absolute atomic E-state index is 5.16. The Kier molecular flexibility index (Phi) is 4.95. The molecule has 3 heteroatoms. The highest BCUT2D eigenvalue weighted by Crippen LogP contribution is 1.70. The van der Waals surface area contributed by atoms with E-state index in [2.05, 4.69) is 24.5 Å². The highest BCUT2D eigenvalue weighted by atomic mass is 15.1. The van der Waals surface area contributed by atoms with Gasteiger partial charge in [0.15, 0.2) is 0 Å². The van der Waals surface area contributed by atoms with Gasteiger partial charge in [-0.3, -0.25) is 5.32 Å². The van der Waals surface area contributed by atoms with Gasteiger partial charge < -0.3 is 11.1 Å². The van der Waals surface area contributed by atoms with Crippen LogP contribution in [0.3, 0.4) is 0 Å².